The zero-order valence-electron chi connectivity index (χ0n) is 11.5. The summed E-state index contributed by atoms with van der Waals surface area (Å²) in [6, 6.07) is -0.262. The van der Waals surface area contributed by atoms with E-state index in [1.54, 1.807) is 17.0 Å². The van der Waals surface area contributed by atoms with E-state index in [2.05, 4.69) is 15.7 Å². The van der Waals surface area contributed by atoms with Crippen LogP contribution in [-0.4, -0.2) is 15.8 Å². The molecule has 0 atom stereocenters. The Bertz CT molecular complexity index is 620. The van der Waals surface area contributed by atoms with Crippen molar-refractivity contribution in [2.75, 3.05) is 5.32 Å². The van der Waals surface area contributed by atoms with Gasteiger partial charge < -0.3 is 10.6 Å². The van der Waals surface area contributed by atoms with Gasteiger partial charge in [-0.3, -0.25) is 4.68 Å². The van der Waals surface area contributed by atoms with Gasteiger partial charge in [0, 0.05) is 35.6 Å². The second-order valence-electron chi connectivity index (χ2n) is 5.31. The number of hydrogen-bond acceptors (Lipinski definition) is 3. The maximum absolute atomic E-state index is 11.8. The minimum Gasteiger partial charge on any atom is -0.334 e. The summed E-state index contributed by atoms with van der Waals surface area (Å²) in [6.45, 7) is 1.44. The van der Waals surface area contributed by atoms with Crippen LogP contribution in [0.1, 0.15) is 24.8 Å². The molecule has 3 rings (SSSR count). The molecule has 0 radical (unpaired) electrons. The molecule has 21 heavy (non-hydrogen) atoms. The molecule has 1 aliphatic rings. The van der Waals surface area contributed by atoms with Gasteiger partial charge in [0.1, 0.15) is 0 Å². The summed E-state index contributed by atoms with van der Waals surface area (Å²) in [5, 5.41) is 14.0. The second kappa shape index (κ2) is 6.49. The number of rotatable bonds is 5. The SMILES string of the molecule is O=C(NCc1cnn(CC2CCC2)c1)Nc1cscc1Cl. The molecule has 0 unspecified atom stereocenters. The zero-order chi connectivity index (χ0) is 14.7. The van der Waals surface area contributed by atoms with Gasteiger partial charge in [0.25, 0.3) is 0 Å². The summed E-state index contributed by atoms with van der Waals surface area (Å²) in [5.74, 6) is 0.773. The lowest BCUT2D eigenvalue weighted by atomic mass is 9.85. The van der Waals surface area contributed by atoms with Crippen molar-refractivity contribution in [3.8, 4) is 0 Å². The molecular formula is C14H17ClN4OS. The molecule has 1 aliphatic carbocycles. The topological polar surface area (TPSA) is 59.0 Å². The Labute approximate surface area is 132 Å². The van der Waals surface area contributed by atoms with Gasteiger partial charge in [-0.25, -0.2) is 4.79 Å². The summed E-state index contributed by atoms with van der Waals surface area (Å²) in [4.78, 5) is 11.8. The Morgan fingerprint density at radius 1 is 1.48 bits per heavy atom. The third-order valence-corrected chi connectivity index (χ3v) is 4.86. The Morgan fingerprint density at radius 3 is 3.00 bits per heavy atom. The van der Waals surface area contributed by atoms with Gasteiger partial charge >= 0.3 is 6.03 Å². The predicted molar refractivity (Wildman–Crippen MR) is 84.8 cm³/mol. The van der Waals surface area contributed by atoms with Crippen LogP contribution in [0.15, 0.2) is 23.2 Å². The quantitative estimate of drug-likeness (QED) is 0.880. The predicted octanol–water partition coefficient (Wildman–Crippen LogP) is 3.72. The van der Waals surface area contributed by atoms with E-state index in [1.807, 2.05) is 10.9 Å². The fraction of sp³-hybridized carbons (Fsp3) is 0.429. The van der Waals surface area contributed by atoms with E-state index in [-0.39, 0.29) is 6.03 Å². The first-order valence-electron chi connectivity index (χ1n) is 6.98. The van der Waals surface area contributed by atoms with E-state index in [0.717, 1.165) is 18.0 Å². The van der Waals surface area contributed by atoms with Gasteiger partial charge in [0.15, 0.2) is 0 Å². The van der Waals surface area contributed by atoms with Crippen LogP contribution < -0.4 is 10.6 Å². The van der Waals surface area contributed by atoms with Gasteiger partial charge in [0.2, 0.25) is 0 Å². The number of hydrogen-bond donors (Lipinski definition) is 2. The van der Waals surface area contributed by atoms with E-state index in [1.165, 1.54) is 30.6 Å². The second-order valence-corrected chi connectivity index (χ2v) is 6.46. The number of aromatic nitrogens is 2. The molecule has 0 aliphatic heterocycles. The molecule has 0 spiro atoms. The standard InChI is InChI=1S/C14H17ClN4OS/c15-12-8-21-9-13(12)18-14(20)16-4-11-5-17-19(7-11)6-10-2-1-3-10/h5,7-10H,1-4,6H2,(H2,16,18,20). The number of urea groups is 1. The first-order chi connectivity index (χ1) is 10.2. The maximum Gasteiger partial charge on any atom is 0.319 e. The minimum atomic E-state index is -0.262. The zero-order valence-corrected chi connectivity index (χ0v) is 13.1. The highest BCUT2D eigenvalue weighted by Gasteiger charge is 2.18. The monoisotopic (exact) mass is 324 g/mol. The highest BCUT2D eigenvalue weighted by Crippen LogP contribution is 2.27. The van der Waals surface area contributed by atoms with Crippen molar-refractivity contribution in [2.45, 2.75) is 32.4 Å². The first kappa shape index (κ1) is 14.4. The number of anilines is 1. The highest BCUT2D eigenvalue weighted by atomic mass is 35.5. The molecule has 112 valence electrons. The molecule has 1 fully saturated rings. The summed E-state index contributed by atoms with van der Waals surface area (Å²) < 4.78 is 1.97. The van der Waals surface area contributed by atoms with Crippen LogP contribution in [-0.2, 0) is 13.1 Å². The van der Waals surface area contributed by atoms with Gasteiger partial charge in [0.05, 0.1) is 16.9 Å². The number of carbonyl (C=O) groups excluding carboxylic acids is 1. The van der Waals surface area contributed by atoms with Crippen molar-refractivity contribution in [1.82, 2.24) is 15.1 Å². The largest absolute Gasteiger partial charge is 0.334 e. The van der Waals surface area contributed by atoms with Crippen LogP contribution in [0.2, 0.25) is 5.02 Å². The molecule has 1 saturated carbocycles. The summed E-state index contributed by atoms with van der Waals surface area (Å²) in [7, 11) is 0. The van der Waals surface area contributed by atoms with E-state index in [9.17, 15) is 4.79 Å². The normalized spacial score (nSPS) is 14.7. The number of thiophene rings is 1. The molecule has 0 saturated heterocycles. The van der Waals surface area contributed by atoms with E-state index in [4.69, 9.17) is 11.6 Å². The fourth-order valence-corrected chi connectivity index (χ4v) is 3.21. The van der Waals surface area contributed by atoms with E-state index >= 15 is 0 Å². The van der Waals surface area contributed by atoms with Gasteiger partial charge in [-0.2, -0.15) is 5.10 Å². The van der Waals surface area contributed by atoms with E-state index < -0.39 is 0 Å². The Balaban J connectivity index is 1.46. The highest BCUT2D eigenvalue weighted by molar-refractivity contribution is 7.09. The molecule has 2 amide bonds. The average molecular weight is 325 g/mol. The lowest BCUT2D eigenvalue weighted by molar-refractivity contribution is 0.251. The maximum atomic E-state index is 11.8. The van der Waals surface area contributed by atoms with Crippen molar-refractivity contribution in [3.05, 3.63) is 33.7 Å². The Kier molecular flexibility index (Phi) is 4.45. The van der Waals surface area contributed by atoms with Gasteiger partial charge in [-0.15, -0.1) is 11.3 Å². The first-order valence-corrected chi connectivity index (χ1v) is 8.30. The summed E-state index contributed by atoms with van der Waals surface area (Å²) in [5.41, 5.74) is 1.64. The van der Waals surface area contributed by atoms with Crippen LogP contribution in [0.3, 0.4) is 0 Å². The van der Waals surface area contributed by atoms with Crippen LogP contribution >= 0.6 is 22.9 Å². The van der Waals surface area contributed by atoms with Crippen molar-refractivity contribution >= 4 is 34.7 Å². The molecule has 0 aromatic carbocycles. The number of nitrogens with zero attached hydrogens (tertiary/aromatic N) is 2. The molecule has 2 aromatic heterocycles. The van der Waals surface area contributed by atoms with Crippen LogP contribution in [0.4, 0.5) is 10.5 Å². The Morgan fingerprint density at radius 2 is 2.33 bits per heavy atom. The number of amides is 2. The molecule has 5 nitrogen and oxygen atoms in total. The molecule has 7 heteroatoms. The number of nitrogens with one attached hydrogen (secondary N) is 2. The van der Waals surface area contributed by atoms with Gasteiger partial charge in [-0.1, -0.05) is 18.0 Å². The van der Waals surface area contributed by atoms with Crippen molar-refractivity contribution in [1.29, 1.82) is 0 Å². The lowest BCUT2D eigenvalue weighted by Crippen LogP contribution is -2.28. The lowest BCUT2D eigenvalue weighted by Gasteiger charge is -2.24. The minimum absolute atomic E-state index is 0.262. The Hall–Kier alpha value is -1.53. The van der Waals surface area contributed by atoms with Gasteiger partial charge in [-0.05, 0) is 18.8 Å². The van der Waals surface area contributed by atoms with Crippen LogP contribution in [0.25, 0.3) is 0 Å². The molecular weight excluding hydrogens is 308 g/mol. The smallest absolute Gasteiger partial charge is 0.319 e. The van der Waals surface area contributed by atoms with E-state index in [0.29, 0.717) is 17.3 Å². The van der Waals surface area contributed by atoms with Crippen LogP contribution in [0, 0.1) is 5.92 Å². The van der Waals surface area contributed by atoms with Crippen molar-refractivity contribution in [3.63, 3.8) is 0 Å². The summed E-state index contributed by atoms with van der Waals surface area (Å²) in [6.07, 6.45) is 7.74. The third-order valence-electron chi connectivity index (χ3n) is 3.67. The average Bonchev–Trinajstić information content (AvgIpc) is 3.02. The number of halogens is 1. The third kappa shape index (κ3) is 3.77. The summed E-state index contributed by atoms with van der Waals surface area (Å²) >= 11 is 7.38. The molecule has 2 aromatic rings. The molecule has 2 N–H and O–H groups in total. The van der Waals surface area contributed by atoms with Crippen LogP contribution in [0.5, 0.6) is 0 Å². The van der Waals surface area contributed by atoms with Crippen molar-refractivity contribution in [2.24, 2.45) is 5.92 Å². The number of carbonyl (C=O) groups is 1. The fourth-order valence-electron chi connectivity index (χ4n) is 2.26. The van der Waals surface area contributed by atoms with Crippen molar-refractivity contribution < 1.29 is 4.79 Å². The molecule has 2 heterocycles. The molecule has 0 bridgehead atoms.